The van der Waals surface area contributed by atoms with Crippen LogP contribution in [0.5, 0.6) is 0 Å². The van der Waals surface area contributed by atoms with E-state index in [0.717, 1.165) is 11.6 Å². The van der Waals surface area contributed by atoms with E-state index in [1.165, 1.54) is 0 Å². The molecule has 2 aromatic carbocycles. The van der Waals surface area contributed by atoms with Crippen molar-refractivity contribution in [2.75, 3.05) is 5.32 Å². The lowest BCUT2D eigenvalue weighted by atomic mass is 10.0. The number of hydrogen-bond donors (Lipinski definition) is 1. The van der Waals surface area contributed by atoms with E-state index < -0.39 is 17.5 Å². The molecule has 0 fully saturated rings. The number of rotatable bonds is 4. The molecule has 0 aliphatic carbocycles. The van der Waals surface area contributed by atoms with Crippen LogP contribution < -0.4 is 5.32 Å². The van der Waals surface area contributed by atoms with Gasteiger partial charge in [0, 0.05) is 17.2 Å². The van der Waals surface area contributed by atoms with E-state index in [4.69, 9.17) is 11.6 Å². The molecule has 1 atom stereocenters. The Balaban J connectivity index is 2.26. The highest BCUT2D eigenvalue weighted by atomic mass is 35.5. The van der Waals surface area contributed by atoms with Crippen LogP contribution in [0.15, 0.2) is 36.4 Å². The molecule has 2 aromatic rings. The van der Waals surface area contributed by atoms with E-state index in [2.05, 4.69) is 5.32 Å². The fourth-order valence-electron chi connectivity index (χ4n) is 1.94. The van der Waals surface area contributed by atoms with Crippen molar-refractivity contribution >= 4 is 17.3 Å². The maximum atomic E-state index is 13.6. The van der Waals surface area contributed by atoms with Crippen molar-refractivity contribution in [3.63, 3.8) is 0 Å². The lowest BCUT2D eigenvalue weighted by molar-refractivity contribution is 0.495. The summed E-state index contributed by atoms with van der Waals surface area (Å²) in [6.07, 6.45) is 0.653. The van der Waals surface area contributed by atoms with Gasteiger partial charge in [0.05, 0.1) is 11.7 Å². The molecule has 1 unspecified atom stereocenters. The van der Waals surface area contributed by atoms with E-state index in [9.17, 15) is 13.2 Å². The summed E-state index contributed by atoms with van der Waals surface area (Å²) in [7, 11) is 0. The minimum Gasteiger partial charge on any atom is -0.376 e. The lowest BCUT2D eigenvalue weighted by Gasteiger charge is -2.19. The Morgan fingerprint density at radius 2 is 1.60 bits per heavy atom. The molecule has 0 spiro atoms. The maximum Gasteiger partial charge on any atom is 0.161 e. The second kappa shape index (κ2) is 6.18. The monoisotopic (exact) mass is 299 g/mol. The van der Waals surface area contributed by atoms with Gasteiger partial charge in [-0.1, -0.05) is 30.7 Å². The van der Waals surface area contributed by atoms with Gasteiger partial charge in [0.15, 0.2) is 11.6 Å². The summed E-state index contributed by atoms with van der Waals surface area (Å²) in [5, 5.41) is 3.48. The normalized spacial score (nSPS) is 12.2. The van der Waals surface area contributed by atoms with Crippen LogP contribution in [0.2, 0.25) is 5.02 Å². The van der Waals surface area contributed by atoms with E-state index in [0.29, 0.717) is 17.5 Å². The van der Waals surface area contributed by atoms with Crippen LogP contribution in [-0.2, 0) is 0 Å². The molecule has 0 bridgehead atoms. The van der Waals surface area contributed by atoms with Gasteiger partial charge in [0.25, 0.3) is 0 Å². The largest absolute Gasteiger partial charge is 0.376 e. The number of benzene rings is 2. The fourth-order valence-corrected chi connectivity index (χ4v) is 2.06. The molecule has 1 nitrogen and oxygen atoms in total. The molecule has 2 rings (SSSR count). The molecule has 0 saturated carbocycles. The number of anilines is 1. The first-order valence-corrected chi connectivity index (χ1v) is 6.55. The van der Waals surface area contributed by atoms with Gasteiger partial charge in [-0.3, -0.25) is 0 Å². The van der Waals surface area contributed by atoms with Crippen molar-refractivity contribution < 1.29 is 13.2 Å². The summed E-state index contributed by atoms with van der Waals surface area (Å²) >= 11 is 5.81. The van der Waals surface area contributed by atoms with Gasteiger partial charge in [-0.25, -0.2) is 13.2 Å². The number of nitrogens with one attached hydrogen (secondary N) is 1. The predicted octanol–water partition coefficient (Wildman–Crippen LogP) is 5.32. The Labute approximate surface area is 120 Å². The van der Waals surface area contributed by atoms with Crippen LogP contribution in [0.3, 0.4) is 0 Å². The third-order valence-electron chi connectivity index (χ3n) is 3.02. The molecule has 0 amide bonds. The summed E-state index contributed by atoms with van der Waals surface area (Å²) in [6.45, 7) is 1.91. The van der Waals surface area contributed by atoms with Gasteiger partial charge in [-0.05, 0) is 24.1 Å². The summed E-state index contributed by atoms with van der Waals surface area (Å²) in [5.41, 5.74) is 0.826. The van der Waals surface area contributed by atoms with Crippen LogP contribution in [0.4, 0.5) is 18.9 Å². The van der Waals surface area contributed by atoms with Crippen LogP contribution >= 0.6 is 11.6 Å². The smallest absolute Gasteiger partial charge is 0.161 e. The summed E-state index contributed by atoms with van der Waals surface area (Å²) in [4.78, 5) is 0. The van der Waals surface area contributed by atoms with Crippen molar-refractivity contribution in [3.05, 3.63) is 64.4 Å². The lowest BCUT2D eigenvalue weighted by Crippen LogP contribution is -2.11. The van der Waals surface area contributed by atoms with E-state index >= 15 is 0 Å². The van der Waals surface area contributed by atoms with Crippen LogP contribution in [0.25, 0.3) is 0 Å². The first-order chi connectivity index (χ1) is 9.51. The van der Waals surface area contributed by atoms with Gasteiger partial charge >= 0.3 is 0 Å². The van der Waals surface area contributed by atoms with Crippen LogP contribution in [0, 0.1) is 17.5 Å². The highest BCUT2D eigenvalue weighted by molar-refractivity contribution is 6.30. The maximum absolute atomic E-state index is 13.6. The van der Waals surface area contributed by atoms with E-state index in [1.807, 2.05) is 6.92 Å². The molecule has 0 radical (unpaired) electrons. The summed E-state index contributed by atoms with van der Waals surface area (Å²) in [6, 6.07) is 8.20. The topological polar surface area (TPSA) is 12.0 Å². The number of halogens is 4. The first kappa shape index (κ1) is 14.7. The van der Waals surface area contributed by atoms with Crippen molar-refractivity contribution in [2.45, 2.75) is 19.4 Å². The fraction of sp³-hybridized carbons (Fsp3) is 0.200. The van der Waals surface area contributed by atoms with Crippen molar-refractivity contribution in [1.82, 2.24) is 0 Å². The molecule has 0 aromatic heterocycles. The highest BCUT2D eigenvalue weighted by Gasteiger charge is 2.14. The van der Waals surface area contributed by atoms with E-state index in [1.54, 1.807) is 24.3 Å². The molecule has 0 aliphatic rings. The van der Waals surface area contributed by atoms with Crippen molar-refractivity contribution in [3.8, 4) is 0 Å². The summed E-state index contributed by atoms with van der Waals surface area (Å²) < 4.78 is 39.7. The molecule has 1 N–H and O–H groups in total. The first-order valence-electron chi connectivity index (χ1n) is 6.17. The van der Waals surface area contributed by atoms with Crippen LogP contribution in [-0.4, -0.2) is 0 Å². The Morgan fingerprint density at radius 1 is 1.00 bits per heavy atom. The minimum atomic E-state index is -1.20. The van der Waals surface area contributed by atoms with Crippen LogP contribution in [0.1, 0.15) is 24.9 Å². The molecular formula is C15H13ClF3N. The van der Waals surface area contributed by atoms with Gasteiger partial charge in [0.2, 0.25) is 0 Å². The van der Waals surface area contributed by atoms with Crippen molar-refractivity contribution in [2.24, 2.45) is 0 Å². The highest BCUT2D eigenvalue weighted by Crippen LogP contribution is 2.26. The zero-order valence-electron chi connectivity index (χ0n) is 10.8. The molecule has 20 heavy (non-hydrogen) atoms. The zero-order chi connectivity index (χ0) is 14.7. The Bertz CT molecular complexity index is 599. The minimum absolute atomic E-state index is 0.0642. The van der Waals surface area contributed by atoms with E-state index in [-0.39, 0.29) is 11.7 Å². The Kier molecular flexibility index (Phi) is 4.55. The Hall–Kier alpha value is -1.68. The molecule has 0 saturated heterocycles. The summed E-state index contributed by atoms with van der Waals surface area (Å²) in [5.74, 6) is -3.11. The van der Waals surface area contributed by atoms with Crippen molar-refractivity contribution in [1.29, 1.82) is 0 Å². The third-order valence-corrected chi connectivity index (χ3v) is 3.27. The average molecular weight is 300 g/mol. The molecule has 0 aliphatic heterocycles. The van der Waals surface area contributed by atoms with Gasteiger partial charge in [-0.15, -0.1) is 0 Å². The van der Waals surface area contributed by atoms with Gasteiger partial charge < -0.3 is 5.32 Å². The SMILES string of the molecule is CCC(Nc1cc(F)c(F)cc1F)c1ccc(Cl)cc1. The zero-order valence-corrected chi connectivity index (χ0v) is 11.5. The quantitative estimate of drug-likeness (QED) is 0.753. The predicted molar refractivity (Wildman–Crippen MR) is 74.4 cm³/mol. The third kappa shape index (κ3) is 3.25. The molecular weight excluding hydrogens is 287 g/mol. The number of hydrogen-bond acceptors (Lipinski definition) is 1. The average Bonchev–Trinajstić information content (AvgIpc) is 2.42. The molecule has 106 valence electrons. The second-order valence-corrected chi connectivity index (χ2v) is 4.84. The Morgan fingerprint density at radius 3 is 2.20 bits per heavy atom. The van der Waals surface area contributed by atoms with Gasteiger partial charge in [0.1, 0.15) is 5.82 Å². The molecule has 5 heteroatoms. The second-order valence-electron chi connectivity index (χ2n) is 4.40. The molecule has 0 heterocycles. The standard InChI is InChI=1S/C15H13ClF3N/c1-2-14(9-3-5-10(16)6-4-9)20-15-8-12(18)11(17)7-13(15)19/h3-8,14,20H,2H2,1H3. The van der Waals surface area contributed by atoms with Gasteiger partial charge in [-0.2, -0.15) is 0 Å².